The molecule has 2 N–H and O–H groups in total. The van der Waals surface area contributed by atoms with E-state index in [-0.39, 0.29) is 12.4 Å². The topological polar surface area (TPSA) is 66.4 Å². The fourth-order valence-corrected chi connectivity index (χ4v) is 3.31. The number of aliphatic hydroxyl groups is 1. The molecule has 0 aliphatic heterocycles. The van der Waals surface area contributed by atoms with Crippen LogP contribution in [0.5, 0.6) is 0 Å². The van der Waals surface area contributed by atoms with Gasteiger partial charge >= 0.3 is 0 Å². The highest BCUT2D eigenvalue weighted by Gasteiger charge is 2.19. The molecule has 5 heteroatoms. The van der Waals surface area contributed by atoms with Crippen molar-refractivity contribution in [3.05, 3.63) is 71.8 Å². The summed E-state index contributed by atoms with van der Waals surface area (Å²) in [7, 11) is -3.50. The van der Waals surface area contributed by atoms with Crippen molar-refractivity contribution in [1.82, 2.24) is 4.72 Å². The summed E-state index contributed by atoms with van der Waals surface area (Å²) >= 11 is 0. The maximum absolute atomic E-state index is 12.1. The van der Waals surface area contributed by atoms with Crippen LogP contribution in [0.3, 0.4) is 0 Å². The van der Waals surface area contributed by atoms with Crippen LogP contribution in [0.2, 0.25) is 0 Å². The highest BCUT2D eigenvalue weighted by atomic mass is 32.2. The van der Waals surface area contributed by atoms with E-state index in [0.717, 1.165) is 5.56 Å². The summed E-state index contributed by atoms with van der Waals surface area (Å²) in [6.07, 6.45) is 0. The molecule has 0 bridgehead atoms. The summed E-state index contributed by atoms with van der Waals surface area (Å²) in [4.78, 5) is 0. The number of rotatable bonds is 6. The molecule has 1 unspecified atom stereocenters. The first kappa shape index (κ1) is 14.7. The van der Waals surface area contributed by atoms with Gasteiger partial charge in [0.2, 0.25) is 10.0 Å². The minimum absolute atomic E-state index is 0.100. The number of benzene rings is 2. The molecule has 0 aromatic heterocycles. The van der Waals surface area contributed by atoms with E-state index in [1.807, 2.05) is 24.3 Å². The summed E-state index contributed by atoms with van der Waals surface area (Å²) in [6, 6.07) is 17.4. The zero-order valence-corrected chi connectivity index (χ0v) is 11.8. The van der Waals surface area contributed by atoms with E-state index in [0.29, 0.717) is 5.56 Å². The molecule has 0 saturated heterocycles. The number of sulfonamides is 1. The molecule has 0 aliphatic carbocycles. The van der Waals surface area contributed by atoms with Crippen LogP contribution in [0.15, 0.2) is 60.7 Å². The highest BCUT2D eigenvalue weighted by molar-refractivity contribution is 7.88. The molecule has 0 heterocycles. The molecule has 0 saturated carbocycles. The minimum Gasteiger partial charge on any atom is -0.394 e. The van der Waals surface area contributed by atoms with Gasteiger partial charge in [0.05, 0.1) is 18.4 Å². The van der Waals surface area contributed by atoms with Crippen LogP contribution >= 0.6 is 0 Å². The average Bonchev–Trinajstić information content (AvgIpc) is 2.46. The largest absolute Gasteiger partial charge is 0.394 e. The van der Waals surface area contributed by atoms with Gasteiger partial charge in [-0.05, 0) is 11.1 Å². The molecule has 0 amide bonds. The van der Waals surface area contributed by atoms with Crippen LogP contribution in [0.4, 0.5) is 0 Å². The standard InChI is InChI=1S/C15H17NO3S/c17-11-15(14-9-5-2-6-10-14)16-20(18,19)12-13-7-3-1-4-8-13/h1-10,15-17H,11-12H2. The third-order valence-electron chi connectivity index (χ3n) is 2.91. The Morgan fingerprint density at radius 2 is 1.50 bits per heavy atom. The van der Waals surface area contributed by atoms with Gasteiger partial charge in [-0.2, -0.15) is 0 Å². The van der Waals surface area contributed by atoms with Crippen LogP contribution in [0, 0.1) is 0 Å². The Balaban J connectivity index is 2.11. The summed E-state index contributed by atoms with van der Waals surface area (Å²) in [5.41, 5.74) is 1.45. The molecule has 0 radical (unpaired) electrons. The smallest absolute Gasteiger partial charge is 0.216 e. The lowest BCUT2D eigenvalue weighted by molar-refractivity contribution is 0.259. The van der Waals surface area contributed by atoms with Gasteiger partial charge in [-0.15, -0.1) is 0 Å². The molecule has 106 valence electrons. The fourth-order valence-electron chi connectivity index (χ4n) is 1.95. The Morgan fingerprint density at radius 3 is 2.05 bits per heavy atom. The number of hydrogen-bond acceptors (Lipinski definition) is 3. The van der Waals surface area contributed by atoms with E-state index in [9.17, 15) is 13.5 Å². The molecule has 0 aliphatic rings. The van der Waals surface area contributed by atoms with E-state index < -0.39 is 16.1 Å². The molecule has 4 nitrogen and oxygen atoms in total. The lowest BCUT2D eigenvalue weighted by Gasteiger charge is -2.16. The predicted molar refractivity (Wildman–Crippen MR) is 78.5 cm³/mol. The third kappa shape index (κ3) is 4.16. The molecule has 20 heavy (non-hydrogen) atoms. The monoisotopic (exact) mass is 291 g/mol. The van der Waals surface area contributed by atoms with E-state index in [4.69, 9.17) is 0 Å². The summed E-state index contributed by atoms with van der Waals surface area (Å²) in [6.45, 7) is -0.280. The van der Waals surface area contributed by atoms with Gasteiger partial charge < -0.3 is 5.11 Å². The quantitative estimate of drug-likeness (QED) is 0.853. The van der Waals surface area contributed by atoms with Crippen molar-refractivity contribution in [3.63, 3.8) is 0 Å². The van der Waals surface area contributed by atoms with Gasteiger partial charge in [-0.25, -0.2) is 13.1 Å². The molecule has 2 aromatic rings. The third-order valence-corrected chi connectivity index (χ3v) is 4.26. The second-order valence-electron chi connectivity index (χ2n) is 4.51. The van der Waals surface area contributed by atoms with Gasteiger partial charge in [0, 0.05) is 0 Å². The van der Waals surface area contributed by atoms with E-state index in [1.54, 1.807) is 36.4 Å². The summed E-state index contributed by atoms with van der Waals surface area (Å²) < 4.78 is 26.8. The Kier molecular flexibility index (Phi) is 4.89. The van der Waals surface area contributed by atoms with Gasteiger partial charge in [0.1, 0.15) is 0 Å². The van der Waals surface area contributed by atoms with Crippen LogP contribution in [-0.2, 0) is 15.8 Å². The molecule has 2 aromatic carbocycles. The van der Waals surface area contributed by atoms with Crippen molar-refractivity contribution < 1.29 is 13.5 Å². The molecule has 1 atom stereocenters. The van der Waals surface area contributed by atoms with Gasteiger partial charge in [0.25, 0.3) is 0 Å². The average molecular weight is 291 g/mol. The van der Waals surface area contributed by atoms with Gasteiger partial charge in [-0.1, -0.05) is 60.7 Å². The van der Waals surface area contributed by atoms with Crippen molar-refractivity contribution in [2.24, 2.45) is 0 Å². The van der Waals surface area contributed by atoms with Crippen molar-refractivity contribution in [2.75, 3.05) is 6.61 Å². The predicted octanol–water partition coefficient (Wildman–Crippen LogP) is 1.84. The van der Waals surface area contributed by atoms with E-state index >= 15 is 0 Å². The molecule has 2 rings (SSSR count). The Bertz CT molecular complexity index is 627. The zero-order chi connectivity index (χ0) is 14.4. The Morgan fingerprint density at radius 1 is 0.950 bits per heavy atom. The van der Waals surface area contributed by atoms with E-state index in [2.05, 4.69) is 4.72 Å². The van der Waals surface area contributed by atoms with E-state index in [1.165, 1.54) is 0 Å². The highest BCUT2D eigenvalue weighted by Crippen LogP contribution is 2.14. The van der Waals surface area contributed by atoms with Crippen molar-refractivity contribution in [1.29, 1.82) is 0 Å². The normalized spacial score (nSPS) is 13.1. The van der Waals surface area contributed by atoms with Crippen molar-refractivity contribution in [2.45, 2.75) is 11.8 Å². The number of aliphatic hydroxyl groups excluding tert-OH is 1. The molecule has 0 spiro atoms. The van der Waals surface area contributed by atoms with Crippen LogP contribution in [0.25, 0.3) is 0 Å². The van der Waals surface area contributed by atoms with Gasteiger partial charge in [-0.3, -0.25) is 0 Å². The Hall–Kier alpha value is -1.69. The Labute approximate surface area is 119 Å². The maximum Gasteiger partial charge on any atom is 0.216 e. The summed E-state index contributed by atoms with van der Waals surface area (Å²) in [5, 5.41) is 9.38. The molecular weight excluding hydrogens is 274 g/mol. The first-order chi connectivity index (χ1) is 9.61. The number of hydrogen-bond donors (Lipinski definition) is 2. The van der Waals surface area contributed by atoms with Crippen LogP contribution in [0.1, 0.15) is 17.2 Å². The second kappa shape index (κ2) is 6.65. The first-order valence-electron chi connectivity index (χ1n) is 6.30. The SMILES string of the molecule is O=S(=O)(Cc1ccccc1)NC(CO)c1ccccc1. The summed E-state index contributed by atoms with van der Waals surface area (Å²) in [5.74, 6) is -0.100. The van der Waals surface area contributed by atoms with Crippen LogP contribution < -0.4 is 4.72 Å². The van der Waals surface area contributed by atoms with Gasteiger partial charge in [0.15, 0.2) is 0 Å². The lowest BCUT2D eigenvalue weighted by Crippen LogP contribution is -2.31. The van der Waals surface area contributed by atoms with Crippen molar-refractivity contribution in [3.8, 4) is 0 Å². The molecule has 0 fully saturated rings. The second-order valence-corrected chi connectivity index (χ2v) is 6.26. The molecular formula is C15H17NO3S. The first-order valence-corrected chi connectivity index (χ1v) is 7.96. The lowest BCUT2D eigenvalue weighted by atomic mass is 10.1. The maximum atomic E-state index is 12.1. The van der Waals surface area contributed by atoms with Crippen LogP contribution in [-0.4, -0.2) is 20.1 Å². The zero-order valence-electron chi connectivity index (χ0n) is 10.9. The minimum atomic E-state index is -3.50. The number of nitrogens with one attached hydrogen (secondary N) is 1. The fraction of sp³-hybridized carbons (Fsp3) is 0.200. The van der Waals surface area contributed by atoms with Crippen molar-refractivity contribution >= 4 is 10.0 Å².